The first-order valence-electron chi connectivity index (χ1n) is 3.46. The summed E-state index contributed by atoms with van der Waals surface area (Å²) in [5.74, 6) is 0. The second kappa shape index (κ2) is 148. The molecule has 0 unspecified atom stereocenters. The van der Waals surface area contributed by atoms with Crippen LogP contribution in [0.1, 0.15) is 20.8 Å². The Labute approximate surface area is 72.6 Å². The highest BCUT2D eigenvalue weighted by molar-refractivity contribution is 4.52. The van der Waals surface area contributed by atoms with Gasteiger partial charge in [-0.2, -0.15) is 0 Å². The van der Waals surface area contributed by atoms with E-state index < -0.39 is 0 Å². The Morgan fingerprint density at radius 3 is 0.636 bits per heavy atom. The number of rotatable bonds is 0. The van der Waals surface area contributed by atoms with Gasteiger partial charge in [-0.3, -0.25) is 0 Å². The zero-order valence-electron chi connectivity index (χ0n) is 8.27. The summed E-state index contributed by atoms with van der Waals surface area (Å²) in [6.45, 7) is 21.8. The zero-order valence-corrected chi connectivity index (χ0v) is 8.27. The van der Waals surface area contributed by atoms with Crippen molar-refractivity contribution in [3.05, 3.63) is 51.1 Å². The SMILES string of the molecule is C=C.C=CC.C=CC.C=CC. The van der Waals surface area contributed by atoms with Crippen LogP contribution in [0.25, 0.3) is 0 Å². The molecule has 0 aromatic rings. The molecule has 66 valence electrons. The van der Waals surface area contributed by atoms with Crippen molar-refractivity contribution in [2.24, 2.45) is 0 Å². The second-order valence-corrected chi connectivity index (χ2v) is 1.22. The third kappa shape index (κ3) is 401. The Morgan fingerprint density at radius 1 is 0.636 bits per heavy atom. The first kappa shape index (κ1) is 22.5. The van der Waals surface area contributed by atoms with Crippen molar-refractivity contribution >= 4 is 0 Å². The lowest BCUT2D eigenvalue weighted by Gasteiger charge is -1.31. The standard InChI is InChI=1S/3C3H6.C2H4/c3*1-3-2;1-2/h3*3H,1H2,2H3;1-2H2. The van der Waals surface area contributed by atoms with E-state index in [4.69, 9.17) is 0 Å². The van der Waals surface area contributed by atoms with Gasteiger partial charge in [0.15, 0.2) is 0 Å². The minimum atomic E-state index is 1.75. The van der Waals surface area contributed by atoms with Crippen LogP contribution < -0.4 is 0 Å². The highest BCUT2D eigenvalue weighted by Gasteiger charge is 1.15. The van der Waals surface area contributed by atoms with Crippen LogP contribution in [0.3, 0.4) is 0 Å². The van der Waals surface area contributed by atoms with Gasteiger partial charge in [0.1, 0.15) is 0 Å². The topological polar surface area (TPSA) is 0 Å². The highest BCUT2D eigenvalue weighted by atomic mass is 13.2. The molecule has 0 aliphatic rings. The molecule has 0 amide bonds. The maximum atomic E-state index is 3.36. The van der Waals surface area contributed by atoms with Crippen LogP contribution in [0, 0.1) is 0 Å². The predicted molar refractivity (Wildman–Crippen MR) is 58.9 cm³/mol. The smallest absolute Gasteiger partial charge is 0.0473 e. The molecule has 0 saturated heterocycles. The van der Waals surface area contributed by atoms with Crippen molar-refractivity contribution in [1.29, 1.82) is 0 Å². The van der Waals surface area contributed by atoms with Crippen molar-refractivity contribution < 1.29 is 0 Å². The molecule has 0 aromatic heterocycles. The number of hydrogen-bond acceptors (Lipinski definition) is 0. The largest absolute Gasteiger partial charge is 0.106 e. The third-order valence-electron chi connectivity index (χ3n) is 0. The van der Waals surface area contributed by atoms with Crippen molar-refractivity contribution in [2.75, 3.05) is 0 Å². The van der Waals surface area contributed by atoms with E-state index >= 15 is 0 Å². The summed E-state index contributed by atoms with van der Waals surface area (Å²) in [5.41, 5.74) is 0. The molecule has 0 aliphatic carbocycles. The van der Waals surface area contributed by atoms with Crippen LogP contribution in [-0.4, -0.2) is 0 Å². The number of allylic oxidation sites excluding steroid dienone is 3. The molecule has 0 aliphatic heterocycles. The lowest BCUT2D eigenvalue weighted by molar-refractivity contribution is 1.80. The van der Waals surface area contributed by atoms with Gasteiger partial charge in [-0.15, -0.1) is 32.9 Å². The fourth-order valence-corrected chi connectivity index (χ4v) is 0. The Morgan fingerprint density at radius 2 is 0.636 bits per heavy atom. The van der Waals surface area contributed by atoms with Crippen LogP contribution >= 0.6 is 0 Å². The van der Waals surface area contributed by atoms with Crippen molar-refractivity contribution in [3.63, 3.8) is 0 Å². The summed E-state index contributed by atoms with van der Waals surface area (Å²) in [5, 5.41) is 0. The monoisotopic (exact) mass is 154 g/mol. The Balaban J connectivity index is -0.0000000301. The molecule has 0 nitrogen and oxygen atoms in total. The fourth-order valence-electron chi connectivity index (χ4n) is 0. The molecule has 0 spiro atoms. The van der Waals surface area contributed by atoms with Gasteiger partial charge in [0.05, 0.1) is 0 Å². The van der Waals surface area contributed by atoms with Crippen molar-refractivity contribution in [2.45, 2.75) is 20.8 Å². The molecule has 0 saturated carbocycles. The lowest BCUT2D eigenvalue weighted by Crippen LogP contribution is -1.07. The van der Waals surface area contributed by atoms with E-state index in [0.29, 0.717) is 0 Å². The third-order valence-corrected chi connectivity index (χ3v) is 0. The molecule has 0 bridgehead atoms. The molecule has 0 radical (unpaired) electrons. The molecule has 0 fully saturated rings. The summed E-state index contributed by atoms with van der Waals surface area (Å²) in [4.78, 5) is 0. The molecule has 0 rings (SSSR count). The van der Waals surface area contributed by atoms with Gasteiger partial charge in [-0.05, 0) is 20.8 Å². The average Bonchev–Trinajstić information content (AvgIpc) is 1.96. The molecule has 0 atom stereocenters. The normalized spacial score (nSPS) is 3.91. The van der Waals surface area contributed by atoms with Crippen molar-refractivity contribution in [1.82, 2.24) is 0 Å². The minimum absolute atomic E-state index is 1.75. The van der Waals surface area contributed by atoms with E-state index in [9.17, 15) is 0 Å². The average molecular weight is 154 g/mol. The van der Waals surface area contributed by atoms with Gasteiger partial charge in [0, 0.05) is 0 Å². The van der Waals surface area contributed by atoms with Gasteiger partial charge in [-0.1, -0.05) is 18.2 Å². The van der Waals surface area contributed by atoms with Gasteiger partial charge >= 0.3 is 0 Å². The van der Waals surface area contributed by atoms with Gasteiger partial charge in [0.25, 0.3) is 0 Å². The van der Waals surface area contributed by atoms with Crippen LogP contribution in [0.15, 0.2) is 51.1 Å². The zero-order chi connectivity index (χ0) is 10.1. The minimum Gasteiger partial charge on any atom is -0.106 e. The molecule has 0 heterocycles. The lowest BCUT2D eigenvalue weighted by atomic mass is 10.8. The molecular weight excluding hydrogens is 132 g/mol. The summed E-state index contributed by atoms with van der Waals surface area (Å²) >= 11 is 0. The summed E-state index contributed by atoms with van der Waals surface area (Å²) < 4.78 is 0. The Kier molecular flexibility index (Phi) is 302. The van der Waals surface area contributed by atoms with E-state index in [1.807, 2.05) is 20.8 Å². The first-order valence-corrected chi connectivity index (χ1v) is 3.46. The molecule has 0 aromatic carbocycles. The van der Waals surface area contributed by atoms with Gasteiger partial charge < -0.3 is 0 Å². The van der Waals surface area contributed by atoms with E-state index in [1.54, 1.807) is 18.2 Å². The number of hydrogen-bond donors (Lipinski definition) is 0. The summed E-state index contributed by atoms with van der Waals surface area (Å²) in [6, 6.07) is 0. The maximum Gasteiger partial charge on any atom is -0.0473 e. The molecule has 11 heavy (non-hydrogen) atoms. The Hall–Kier alpha value is -1.04. The van der Waals surface area contributed by atoms with E-state index in [2.05, 4.69) is 32.9 Å². The van der Waals surface area contributed by atoms with E-state index in [0.717, 1.165) is 0 Å². The Bertz CT molecular complexity index is 46.2. The quantitative estimate of drug-likeness (QED) is 0.454. The fraction of sp³-hybridized carbons (Fsp3) is 0.273. The molecule has 0 heteroatoms. The second-order valence-electron chi connectivity index (χ2n) is 1.22. The van der Waals surface area contributed by atoms with Crippen LogP contribution in [-0.2, 0) is 0 Å². The maximum absolute atomic E-state index is 3.36. The molecular formula is C11H22. The summed E-state index contributed by atoms with van der Waals surface area (Å²) in [6.07, 6.45) is 5.25. The van der Waals surface area contributed by atoms with Crippen LogP contribution in [0.4, 0.5) is 0 Å². The van der Waals surface area contributed by atoms with Crippen LogP contribution in [0.5, 0.6) is 0 Å². The summed E-state index contributed by atoms with van der Waals surface area (Å²) in [7, 11) is 0. The molecule has 0 N–H and O–H groups in total. The van der Waals surface area contributed by atoms with Crippen LogP contribution in [0.2, 0.25) is 0 Å². The van der Waals surface area contributed by atoms with Gasteiger partial charge in [0.2, 0.25) is 0 Å². The van der Waals surface area contributed by atoms with Crippen molar-refractivity contribution in [3.8, 4) is 0 Å². The first-order chi connectivity index (χ1) is 5.24. The predicted octanol–water partition coefficient (Wildman–Crippen LogP) is 4.38. The van der Waals surface area contributed by atoms with Gasteiger partial charge in [-0.25, -0.2) is 0 Å². The highest BCUT2D eigenvalue weighted by Crippen LogP contribution is 1.38. The van der Waals surface area contributed by atoms with E-state index in [1.165, 1.54) is 0 Å². The van der Waals surface area contributed by atoms with E-state index in [-0.39, 0.29) is 0 Å².